The van der Waals surface area contributed by atoms with Crippen molar-refractivity contribution < 1.29 is 66.8 Å². The zero-order valence-electron chi connectivity index (χ0n) is 22.6. The van der Waals surface area contributed by atoms with E-state index in [1.54, 1.807) is 0 Å². The first kappa shape index (κ1) is 32.4. The van der Waals surface area contributed by atoms with Crippen LogP contribution in [0.4, 0.5) is 5.69 Å². The minimum absolute atomic E-state index is 0.488. The number of benzene rings is 1. The lowest BCUT2D eigenvalue weighted by atomic mass is 9.98. The first-order valence-corrected chi connectivity index (χ1v) is 11.8. The van der Waals surface area contributed by atoms with Crippen molar-refractivity contribution >= 4 is 41.3 Å². The lowest BCUT2D eigenvalue weighted by Crippen LogP contribution is -2.63. The third-order valence-electron chi connectivity index (χ3n) is 5.21. The Morgan fingerprint density at radius 3 is 2.00 bits per heavy atom. The number of nitro benzene ring substituents is 1. The number of hydrogen-bond acceptors (Lipinski definition) is 15. The Labute approximate surface area is 232 Å². The molecule has 222 valence electrons. The summed E-state index contributed by atoms with van der Waals surface area (Å²) in [6, 6.07) is 3.43. The predicted octanol–water partition coefficient (Wildman–Crippen LogP) is 0.969. The topological polar surface area (TPSA) is 210 Å². The Balaban J connectivity index is 2.62. The van der Waals surface area contributed by atoms with Gasteiger partial charge in [0.05, 0.1) is 12.0 Å². The van der Waals surface area contributed by atoms with Gasteiger partial charge in [-0.3, -0.25) is 34.1 Å². The fraction of sp³-hybridized carbons (Fsp3) is 0.440. The standard InChI is InChI=1S/C25H27NO15/c1-12(27)36-11-19-22(37-13(2)28)23(38-14(3)29)24(39-15(4)30)25(41-19)40-18-8-6-7-16(21(18)26(33)34)17(31)9-10-20(32)35-5/h6-10,19,22-25H,11H2,1-5H3/b10-9+/t19?,22-,23?,24?,25-/m1/s1. The fourth-order valence-corrected chi connectivity index (χ4v) is 3.71. The lowest BCUT2D eigenvalue weighted by molar-refractivity contribution is -0.387. The van der Waals surface area contributed by atoms with Gasteiger partial charge in [-0.25, -0.2) is 4.79 Å². The Hall–Kier alpha value is -4.86. The minimum Gasteiger partial charge on any atom is -0.466 e. The van der Waals surface area contributed by atoms with Crippen molar-refractivity contribution in [2.24, 2.45) is 0 Å². The highest BCUT2D eigenvalue weighted by Gasteiger charge is 2.53. The van der Waals surface area contributed by atoms with Gasteiger partial charge in [0.1, 0.15) is 18.3 Å². The number of esters is 5. The number of allylic oxidation sites excluding steroid dienone is 1. The number of rotatable bonds is 11. The van der Waals surface area contributed by atoms with Crippen LogP contribution in [0.2, 0.25) is 0 Å². The van der Waals surface area contributed by atoms with Gasteiger partial charge in [0.15, 0.2) is 18.0 Å². The van der Waals surface area contributed by atoms with E-state index in [-0.39, 0.29) is 0 Å². The Bertz CT molecular complexity index is 1240. The van der Waals surface area contributed by atoms with Crippen molar-refractivity contribution in [3.8, 4) is 5.75 Å². The first-order chi connectivity index (χ1) is 19.2. The maximum atomic E-state index is 12.7. The molecule has 1 saturated heterocycles. The Morgan fingerprint density at radius 1 is 0.878 bits per heavy atom. The summed E-state index contributed by atoms with van der Waals surface area (Å²) in [6.45, 7) is 3.59. The molecular formula is C25H27NO15. The van der Waals surface area contributed by atoms with E-state index in [0.717, 1.165) is 59.1 Å². The number of nitro groups is 1. The number of ether oxygens (including phenoxy) is 7. The van der Waals surface area contributed by atoms with E-state index in [4.69, 9.17) is 28.4 Å². The van der Waals surface area contributed by atoms with E-state index in [2.05, 4.69) is 4.74 Å². The van der Waals surface area contributed by atoms with Gasteiger partial charge in [0.25, 0.3) is 0 Å². The molecule has 0 aliphatic carbocycles. The Kier molecular flexibility index (Phi) is 11.4. The second kappa shape index (κ2) is 14.5. The quantitative estimate of drug-likeness (QED) is 0.0890. The SMILES string of the molecule is COC(=O)/C=C/C(=O)c1cccc(O[C@@H]2OC(COC(C)=O)[C@@H](OC(C)=O)C(OC(C)=O)C2OC(C)=O)c1[N+](=O)[O-]. The molecule has 41 heavy (non-hydrogen) atoms. The highest BCUT2D eigenvalue weighted by Crippen LogP contribution is 2.36. The zero-order valence-corrected chi connectivity index (χ0v) is 22.6. The molecule has 1 aromatic carbocycles. The summed E-state index contributed by atoms with van der Waals surface area (Å²) in [5.41, 5.74) is -1.34. The van der Waals surface area contributed by atoms with Crippen molar-refractivity contribution in [1.82, 2.24) is 0 Å². The molecule has 2 rings (SSSR count). The van der Waals surface area contributed by atoms with Crippen LogP contribution in [0.15, 0.2) is 30.4 Å². The zero-order chi connectivity index (χ0) is 30.9. The molecule has 1 heterocycles. The third-order valence-corrected chi connectivity index (χ3v) is 5.21. The average molecular weight is 581 g/mol. The molecule has 0 bridgehead atoms. The molecular weight excluding hydrogens is 554 g/mol. The van der Waals surface area contributed by atoms with Crippen LogP contribution in [-0.2, 0) is 52.4 Å². The van der Waals surface area contributed by atoms with Crippen LogP contribution in [0, 0.1) is 10.1 Å². The maximum absolute atomic E-state index is 12.7. The summed E-state index contributed by atoms with van der Waals surface area (Å²) in [6.07, 6.45) is -6.39. The van der Waals surface area contributed by atoms with Gasteiger partial charge in [-0.05, 0) is 18.2 Å². The van der Waals surface area contributed by atoms with Crippen LogP contribution < -0.4 is 4.74 Å². The molecule has 0 radical (unpaired) electrons. The molecule has 1 aliphatic rings. The number of para-hydroxylation sites is 1. The summed E-state index contributed by atoms with van der Waals surface area (Å²) in [5, 5.41) is 12.0. The molecule has 1 fully saturated rings. The molecule has 0 saturated carbocycles. The van der Waals surface area contributed by atoms with Gasteiger partial charge in [0, 0.05) is 33.8 Å². The van der Waals surface area contributed by atoms with Crippen LogP contribution in [0.5, 0.6) is 5.75 Å². The van der Waals surface area contributed by atoms with Crippen LogP contribution in [0.3, 0.4) is 0 Å². The van der Waals surface area contributed by atoms with E-state index in [1.807, 2.05) is 0 Å². The number of carbonyl (C=O) groups excluding carboxylic acids is 6. The Morgan fingerprint density at radius 2 is 1.46 bits per heavy atom. The molecule has 5 atom stereocenters. The number of nitrogens with zero attached hydrogens (tertiary/aromatic N) is 1. The maximum Gasteiger partial charge on any atom is 0.330 e. The van der Waals surface area contributed by atoms with Gasteiger partial charge in [-0.15, -0.1) is 0 Å². The number of ketones is 1. The largest absolute Gasteiger partial charge is 0.466 e. The molecule has 1 aromatic rings. The van der Waals surface area contributed by atoms with Crippen LogP contribution >= 0.6 is 0 Å². The lowest BCUT2D eigenvalue weighted by Gasteiger charge is -2.43. The molecule has 0 spiro atoms. The van der Waals surface area contributed by atoms with E-state index in [9.17, 15) is 38.9 Å². The van der Waals surface area contributed by atoms with Crippen molar-refractivity contribution in [3.63, 3.8) is 0 Å². The van der Waals surface area contributed by atoms with E-state index < -0.39 is 94.9 Å². The highest BCUT2D eigenvalue weighted by molar-refractivity contribution is 6.10. The van der Waals surface area contributed by atoms with Gasteiger partial charge >= 0.3 is 35.5 Å². The molecule has 0 N–H and O–H groups in total. The second-order valence-corrected chi connectivity index (χ2v) is 8.32. The van der Waals surface area contributed by atoms with Crippen molar-refractivity contribution in [3.05, 3.63) is 46.0 Å². The summed E-state index contributed by atoms with van der Waals surface area (Å²) in [4.78, 5) is 82.4. The highest BCUT2D eigenvalue weighted by atomic mass is 16.7. The van der Waals surface area contributed by atoms with E-state index in [0.29, 0.717) is 0 Å². The van der Waals surface area contributed by atoms with Crippen LogP contribution in [-0.4, -0.2) is 85.0 Å². The van der Waals surface area contributed by atoms with Crippen LogP contribution in [0.1, 0.15) is 38.1 Å². The molecule has 3 unspecified atom stereocenters. The minimum atomic E-state index is -1.79. The van der Waals surface area contributed by atoms with Crippen LogP contribution in [0.25, 0.3) is 0 Å². The number of carbonyl (C=O) groups is 6. The second-order valence-electron chi connectivity index (χ2n) is 8.32. The van der Waals surface area contributed by atoms with E-state index in [1.165, 1.54) is 6.07 Å². The summed E-state index contributed by atoms with van der Waals surface area (Å²) < 4.78 is 36.7. The molecule has 16 nitrogen and oxygen atoms in total. The van der Waals surface area contributed by atoms with Crippen molar-refractivity contribution in [2.45, 2.75) is 58.4 Å². The molecule has 16 heteroatoms. The monoisotopic (exact) mass is 581 g/mol. The summed E-state index contributed by atoms with van der Waals surface area (Å²) >= 11 is 0. The van der Waals surface area contributed by atoms with Gasteiger partial charge in [0.2, 0.25) is 18.1 Å². The molecule has 0 amide bonds. The average Bonchev–Trinajstić information content (AvgIpc) is 2.88. The van der Waals surface area contributed by atoms with Crippen molar-refractivity contribution in [1.29, 1.82) is 0 Å². The summed E-state index contributed by atoms with van der Waals surface area (Å²) in [7, 11) is 1.07. The molecule has 0 aromatic heterocycles. The third kappa shape index (κ3) is 9.10. The van der Waals surface area contributed by atoms with Crippen molar-refractivity contribution in [2.75, 3.05) is 13.7 Å². The fourth-order valence-electron chi connectivity index (χ4n) is 3.71. The molecule has 1 aliphatic heterocycles. The normalized spacial score (nSPS) is 21.7. The first-order valence-electron chi connectivity index (χ1n) is 11.8. The van der Waals surface area contributed by atoms with Gasteiger partial charge < -0.3 is 33.2 Å². The number of hydrogen-bond donors (Lipinski definition) is 0. The number of methoxy groups -OCH3 is 1. The summed E-state index contributed by atoms with van der Waals surface area (Å²) in [5.74, 6) is -5.80. The predicted molar refractivity (Wildman–Crippen MR) is 131 cm³/mol. The van der Waals surface area contributed by atoms with E-state index >= 15 is 0 Å². The van der Waals surface area contributed by atoms with Gasteiger partial charge in [-0.1, -0.05) is 6.07 Å². The smallest absolute Gasteiger partial charge is 0.330 e. The van der Waals surface area contributed by atoms with Gasteiger partial charge in [-0.2, -0.15) is 0 Å².